The van der Waals surface area contributed by atoms with E-state index in [9.17, 15) is 14.7 Å². The highest BCUT2D eigenvalue weighted by Crippen LogP contribution is 2.26. The standard InChI is InChI=1S/C16H20N2O3/c1-10-6-7-18(14(10)16(20)21)15(19)13-8-11-4-2-3-5-12(11)9-17-13/h2-5,10,13-14,17H,6-9H2,1H3,(H,20,21)/t10?,13-,14?/m1/s1. The fourth-order valence-electron chi connectivity index (χ4n) is 3.40. The average molecular weight is 288 g/mol. The van der Waals surface area contributed by atoms with Crippen LogP contribution in [0, 0.1) is 5.92 Å². The van der Waals surface area contributed by atoms with Gasteiger partial charge in [-0.2, -0.15) is 0 Å². The quantitative estimate of drug-likeness (QED) is 0.852. The Hall–Kier alpha value is -1.88. The van der Waals surface area contributed by atoms with Gasteiger partial charge in [0.05, 0.1) is 6.04 Å². The lowest BCUT2D eigenvalue weighted by molar-refractivity contribution is -0.150. The number of fused-ring (bicyclic) bond motifs is 1. The van der Waals surface area contributed by atoms with Crippen molar-refractivity contribution in [3.63, 3.8) is 0 Å². The second-order valence-electron chi connectivity index (χ2n) is 5.99. The Bertz CT molecular complexity index is 572. The molecule has 1 fully saturated rings. The Kier molecular flexibility index (Phi) is 3.68. The molecule has 2 unspecified atom stereocenters. The van der Waals surface area contributed by atoms with Gasteiger partial charge >= 0.3 is 5.97 Å². The number of aliphatic carboxylic acids is 1. The molecule has 1 aromatic rings. The van der Waals surface area contributed by atoms with Gasteiger partial charge in [-0.15, -0.1) is 0 Å². The minimum atomic E-state index is -0.899. The molecule has 0 aromatic heterocycles. The van der Waals surface area contributed by atoms with Gasteiger partial charge < -0.3 is 15.3 Å². The van der Waals surface area contributed by atoms with Gasteiger partial charge in [0.25, 0.3) is 0 Å². The monoisotopic (exact) mass is 288 g/mol. The first-order valence-electron chi connectivity index (χ1n) is 7.41. The minimum Gasteiger partial charge on any atom is -0.480 e. The summed E-state index contributed by atoms with van der Waals surface area (Å²) in [6.07, 6.45) is 1.39. The lowest BCUT2D eigenvalue weighted by Gasteiger charge is -2.31. The van der Waals surface area contributed by atoms with Crippen LogP contribution in [-0.2, 0) is 22.6 Å². The smallest absolute Gasteiger partial charge is 0.326 e. The second kappa shape index (κ2) is 5.48. The second-order valence-corrected chi connectivity index (χ2v) is 5.99. The van der Waals surface area contributed by atoms with Crippen molar-refractivity contribution in [2.24, 2.45) is 5.92 Å². The first-order chi connectivity index (χ1) is 10.1. The molecular formula is C16H20N2O3. The van der Waals surface area contributed by atoms with Crippen molar-refractivity contribution in [3.8, 4) is 0 Å². The molecule has 1 aromatic carbocycles. The zero-order valence-electron chi connectivity index (χ0n) is 12.1. The molecule has 0 radical (unpaired) electrons. The van der Waals surface area contributed by atoms with Crippen LogP contribution in [0.1, 0.15) is 24.5 Å². The third-order valence-electron chi connectivity index (χ3n) is 4.62. The van der Waals surface area contributed by atoms with Gasteiger partial charge in [0.2, 0.25) is 5.91 Å². The first kappa shape index (κ1) is 14.1. The molecule has 2 aliphatic rings. The maximum Gasteiger partial charge on any atom is 0.326 e. The summed E-state index contributed by atoms with van der Waals surface area (Å²) < 4.78 is 0. The Morgan fingerprint density at radius 3 is 2.71 bits per heavy atom. The van der Waals surface area contributed by atoms with E-state index >= 15 is 0 Å². The number of carbonyl (C=O) groups excluding carboxylic acids is 1. The third-order valence-corrected chi connectivity index (χ3v) is 4.62. The fourth-order valence-corrected chi connectivity index (χ4v) is 3.40. The molecule has 1 saturated heterocycles. The van der Waals surface area contributed by atoms with Gasteiger partial charge in [-0.3, -0.25) is 4.79 Å². The lowest BCUT2D eigenvalue weighted by atomic mass is 9.95. The number of nitrogens with zero attached hydrogens (tertiary/aromatic N) is 1. The summed E-state index contributed by atoms with van der Waals surface area (Å²) in [5, 5.41) is 12.6. The van der Waals surface area contributed by atoms with Crippen LogP contribution in [0.2, 0.25) is 0 Å². The van der Waals surface area contributed by atoms with E-state index in [0.717, 1.165) is 6.42 Å². The molecule has 0 aliphatic carbocycles. The van der Waals surface area contributed by atoms with Crippen molar-refractivity contribution in [2.45, 2.75) is 38.4 Å². The molecule has 2 aliphatic heterocycles. The highest BCUT2D eigenvalue weighted by atomic mass is 16.4. The largest absolute Gasteiger partial charge is 0.480 e. The molecule has 5 heteroatoms. The molecule has 0 bridgehead atoms. The van der Waals surface area contributed by atoms with Gasteiger partial charge in [0.15, 0.2) is 0 Å². The van der Waals surface area contributed by atoms with E-state index in [1.807, 2.05) is 25.1 Å². The average Bonchev–Trinajstić information content (AvgIpc) is 2.88. The number of nitrogens with one attached hydrogen (secondary N) is 1. The summed E-state index contributed by atoms with van der Waals surface area (Å²) in [4.78, 5) is 25.6. The van der Waals surface area contributed by atoms with Crippen molar-refractivity contribution in [1.29, 1.82) is 0 Å². The van der Waals surface area contributed by atoms with E-state index in [-0.39, 0.29) is 17.9 Å². The summed E-state index contributed by atoms with van der Waals surface area (Å²) in [7, 11) is 0. The molecule has 5 nitrogen and oxygen atoms in total. The maximum absolute atomic E-state index is 12.7. The van der Waals surface area contributed by atoms with E-state index < -0.39 is 12.0 Å². The van der Waals surface area contributed by atoms with Crippen LogP contribution in [0.25, 0.3) is 0 Å². The summed E-state index contributed by atoms with van der Waals surface area (Å²) in [6.45, 7) is 3.10. The van der Waals surface area contributed by atoms with Crippen molar-refractivity contribution < 1.29 is 14.7 Å². The SMILES string of the molecule is CC1CCN(C(=O)[C@H]2Cc3ccccc3CN2)C1C(=O)O. The van der Waals surface area contributed by atoms with Crippen LogP contribution in [0.3, 0.4) is 0 Å². The van der Waals surface area contributed by atoms with Crippen molar-refractivity contribution in [1.82, 2.24) is 10.2 Å². The van der Waals surface area contributed by atoms with Crippen LogP contribution in [0.4, 0.5) is 0 Å². The third kappa shape index (κ3) is 2.53. The van der Waals surface area contributed by atoms with Crippen LogP contribution in [0.5, 0.6) is 0 Å². The van der Waals surface area contributed by atoms with E-state index in [1.54, 1.807) is 4.90 Å². The van der Waals surface area contributed by atoms with Crippen LogP contribution >= 0.6 is 0 Å². The highest BCUT2D eigenvalue weighted by molar-refractivity contribution is 5.88. The van der Waals surface area contributed by atoms with E-state index in [0.29, 0.717) is 19.5 Å². The minimum absolute atomic E-state index is 0.0160. The number of hydrogen-bond donors (Lipinski definition) is 2. The summed E-state index contributed by atoms with van der Waals surface area (Å²) in [5.41, 5.74) is 2.39. The van der Waals surface area contributed by atoms with Gasteiger partial charge in [-0.25, -0.2) is 4.79 Å². The number of carboxylic acids is 1. The molecule has 3 atom stereocenters. The molecule has 2 heterocycles. The maximum atomic E-state index is 12.7. The predicted molar refractivity (Wildman–Crippen MR) is 77.7 cm³/mol. The Labute approximate surface area is 123 Å². The predicted octanol–water partition coefficient (Wildman–Crippen LogP) is 1.02. The van der Waals surface area contributed by atoms with Gasteiger partial charge in [-0.1, -0.05) is 31.2 Å². The number of rotatable bonds is 2. The number of hydrogen-bond acceptors (Lipinski definition) is 3. The van der Waals surface area contributed by atoms with Crippen LogP contribution in [-0.4, -0.2) is 40.5 Å². The summed E-state index contributed by atoms with van der Waals surface area (Å²) >= 11 is 0. The summed E-state index contributed by atoms with van der Waals surface area (Å²) in [5.74, 6) is -0.965. The molecular weight excluding hydrogens is 268 g/mol. The number of likely N-dealkylation sites (tertiary alicyclic amines) is 1. The van der Waals surface area contributed by atoms with Crippen LogP contribution in [0.15, 0.2) is 24.3 Å². The fraction of sp³-hybridized carbons (Fsp3) is 0.500. The number of carboxylic acid groups (broad SMARTS) is 1. The lowest BCUT2D eigenvalue weighted by Crippen LogP contribution is -2.53. The Morgan fingerprint density at radius 2 is 2.00 bits per heavy atom. The van der Waals surface area contributed by atoms with Gasteiger partial charge in [0, 0.05) is 13.1 Å². The van der Waals surface area contributed by atoms with E-state index in [4.69, 9.17) is 0 Å². The Morgan fingerprint density at radius 1 is 1.29 bits per heavy atom. The Balaban J connectivity index is 1.76. The van der Waals surface area contributed by atoms with Crippen molar-refractivity contribution in [3.05, 3.63) is 35.4 Å². The molecule has 1 amide bonds. The molecule has 112 valence electrons. The van der Waals surface area contributed by atoms with E-state index in [2.05, 4.69) is 11.4 Å². The zero-order valence-corrected chi connectivity index (χ0v) is 12.1. The molecule has 0 saturated carbocycles. The molecule has 0 spiro atoms. The van der Waals surface area contributed by atoms with Gasteiger partial charge in [0.1, 0.15) is 6.04 Å². The van der Waals surface area contributed by atoms with Crippen molar-refractivity contribution in [2.75, 3.05) is 6.54 Å². The normalized spacial score (nSPS) is 28.2. The van der Waals surface area contributed by atoms with Crippen LogP contribution < -0.4 is 5.32 Å². The number of benzene rings is 1. The topological polar surface area (TPSA) is 69.6 Å². The molecule has 3 rings (SSSR count). The summed E-state index contributed by atoms with van der Waals surface area (Å²) in [6, 6.07) is 7.07. The number of amides is 1. The van der Waals surface area contributed by atoms with Crippen molar-refractivity contribution >= 4 is 11.9 Å². The molecule has 21 heavy (non-hydrogen) atoms. The van der Waals surface area contributed by atoms with E-state index in [1.165, 1.54) is 11.1 Å². The molecule has 2 N–H and O–H groups in total. The zero-order chi connectivity index (χ0) is 15.0. The number of carbonyl (C=O) groups is 2. The van der Waals surface area contributed by atoms with Gasteiger partial charge in [-0.05, 0) is 29.9 Å². The first-order valence-corrected chi connectivity index (χ1v) is 7.41. The highest BCUT2D eigenvalue weighted by Gasteiger charge is 2.41.